The molecule has 0 amide bonds. The summed E-state index contributed by atoms with van der Waals surface area (Å²) in [7, 11) is 0. The molecule has 0 aliphatic rings. The van der Waals surface area contributed by atoms with Crippen LogP contribution in [0.2, 0.25) is 10.0 Å². The standard InChI is InChI=1S/C10H15Cl2N3/c1-7(13)3-2-4-14-10-9(12)5-8(11)6-15-10/h5-7H,2-4,13H2,1H3,(H,14,15). The maximum atomic E-state index is 5.94. The van der Waals surface area contributed by atoms with Crippen LogP contribution >= 0.6 is 23.2 Å². The number of anilines is 1. The molecule has 1 atom stereocenters. The molecule has 1 aromatic rings. The molecule has 0 radical (unpaired) electrons. The molecule has 0 aromatic carbocycles. The third-order valence-electron chi connectivity index (χ3n) is 1.94. The van der Waals surface area contributed by atoms with Gasteiger partial charge in [-0.3, -0.25) is 0 Å². The average molecular weight is 248 g/mol. The van der Waals surface area contributed by atoms with Gasteiger partial charge < -0.3 is 11.1 Å². The molecule has 0 saturated carbocycles. The summed E-state index contributed by atoms with van der Waals surface area (Å²) in [4.78, 5) is 4.09. The van der Waals surface area contributed by atoms with Gasteiger partial charge in [0.05, 0.1) is 10.0 Å². The van der Waals surface area contributed by atoms with E-state index in [2.05, 4.69) is 10.3 Å². The summed E-state index contributed by atoms with van der Waals surface area (Å²) in [6.45, 7) is 2.81. The molecule has 3 nitrogen and oxygen atoms in total. The maximum Gasteiger partial charge on any atom is 0.144 e. The van der Waals surface area contributed by atoms with Crippen LogP contribution in [0.25, 0.3) is 0 Å². The van der Waals surface area contributed by atoms with Gasteiger partial charge in [-0.25, -0.2) is 4.98 Å². The lowest BCUT2D eigenvalue weighted by atomic mass is 10.2. The predicted molar refractivity (Wildman–Crippen MR) is 65.6 cm³/mol. The van der Waals surface area contributed by atoms with Gasteiger partial charge >= 0.3 is 0 Å². The van der Waals surface area contributed by atoms with Crippen LogP contribution in [-0.4, -0.2) is 17.6 Å². The predicted octanol–water partition coefficient (Wildman–Crippen LogP) is 2.93. The molecule has 15 heavy (non-hydrogen) atoms. The van der Waals surface area contributed by atoms with Crippen LogP contribution in [-0.2, 0) is 0 Å². The van der Waals surface area contributed by atoms with E-state index in [1.54, 1.807) is 12.3 Å². The highest BCUT2D eigenvalue weighted by atomic mass is 35.5. The Kier molecular flexibility index (Phi) is 5.15. The van der Waals surface area contributed by atoms with E-state index in [-0.39, 0.29) is 6.04 Å². The number of pyridine rings is 1. The smallest absolute Gasteiger partial charge is 0.144 e. The van der Waals surface area contributed by atoms with Crippen LogP contribution in [0.5, 0.6) is 0 Å². The Labute approximate surface area is 100.0 Å². The lowest BCUT2D eigenvalue weighted by molar-refractivity contribution is 0.639. The number of nitrogens with two attached hydrogens (primary N) is 1. The molecule has 0 saturated heterocycles. The Hall–Kier alpha value is -0.510. The Bertz CT molecular complexity index is 316. The van der Waals surface area contributed by atoms with E-state index < -0.39 is 0 Å². The van der Waals surface area contributed by atoms with Gasteiger partial charge in [-0.1, -0.05) is 23.2 Å². The topological polar surface area (TPSA) is 50.9 Å². The molecule has 0 bridgehead atoms. The first kappa shape index (κ1) is 12.6. The normalized spacial score (nSPS) is 12.5. The number of hydrogen-bond donors (Lipinski definition) is 2. The van der Waals surface area contributed by atoms with Crippen molar-refractivity contribution < 1.29 is 0 Å². The van der Waals surface area contributed by atoms with Crippen LogP contribution in [0.3, 0.4) is 0 Å². The highest BCUT2D eigenvalue weighted by Gasteiger charge is 2.02. The van der Waals surface area contributed by atoms with Crippen molar-refractivity contribution in [3.05, 3.63) is 22.3 Å². The fourth-order valence-corrected chi connectivity index (χ4v) is 1.62. The Morgan fingerprint density at radius 1 is 1.53 bits per heavy atom. The minimum atomic E-state index is 0.237. The van der Waals surface area contributed by atoms with Crippen molar-refractivity contribution in [3.63, 3.8) is 0 Å². The van der Waals surface area contributed by atoms with Crippen molar-refractivity contribution in [3.8, 4) is 0 Å². The number of nitrogens with one attached hydrogen (secondary N) is 1. The molecule has 0 aliphatic carbocycles. The molecule has 0 aliphatic heterocycles. The highest BCUT2D eigenvalue weighted by molar-refractivity contribution is 6.35. The summed E-state index contributed by atoms with van der Waals surface area (Å²) in [6, 6.07) is 1.91. The molecule has 1 unspecified atom stereocenters. The number of rotatable bonds is 5. The van der Waals surface area contributed by atoms with E-state index in [0.29, 0.717) is 15.9 Å². The van der Waals surface area contributed by atoms with Gasteiger partial charge in [0, 0.05) is 18.8 Å². The van der Waals surface area contributed by atoms with Crippen LogP contribution in [0.1, 0.15) is 19.8 Å². The van der Waals surface area contributed by atoms with Crippen molar-refractivity contribution >= 4 is 29.0 Å². The largest absolute Gasteiger partial charge is 0.369 e. The summed E-state index contributed by atoms with van der Waals surface area (Å²) in [5.41, 5.74) is 5.63. The van der Waals surface area contributed by atoms with Crippen molar-refractivity contribution in [2.24, 2.45) is 5.73 Å². The van der Waals surface area contributed by atoms with E-state index >= 15 is 0 Å². The Morgan fingerprint density at radius 2 is 2.27 bits per heavy atom. The number of aromatic nitrogens is 1. The Morgan fingerprint density at radius 3 is 2.87 bits per heavy atom. The fraction of sp³-hybridized carbons (Fsp3) is 0.500. The SMILES string of the molecule is CC(N)CCCNc1ncc(Cl)cc1Cl. The molecular weight excluding hydrogens is 233 g/mol. The third-order valence-corrected chi connectivity index (χ3v) is 2.43. The van der Waals surface area contributed by atoms with E-state index in [1.807, 2.05) is 6.92 Å². The van der Waals surface area contributed by atoms with Gasteiger partial charge in [-0.15, -0.1) is 0 Å². The van der Waals surface area contributed by atoms with Crippen LogP contribution < -0.4 is 11.1 Å². The Balaban J connectivity index is 2.37. The first-order valence-corrected chi connectivity index (χ1v) is 5.65. The third kappa shape index (κ3) is 4.69. The molecular formula is C10H15Cl2N3. The van der Waals surface area contributed by atoms with E-state index in [9.17, 15) is 0 Å². The molecule has 0 fully saturated rings. The lowest BCUT2D eigenvalue weighted by Gasteiger charge is -2.08. The summed E-state index contributed by atoms with van der Waals surface area (Å²) in [5, 5.41) is 4.23. The number of halogens is 2. The van der Waals surface area contributed by atoms with Gasteiger partial charge in [-0.05, 0) is 25.8 Å². The second-order valence-corrected chi connectivity index (χ2v) is 4.37. The first-order chi connectivity index (χ1) is 7.09. The minimum absolute atomic E-state index is 0.237. The van der Waals surface area contributed by atoms with E-state index in [0.717, 1.165) is 19.4 Å². The zero-order chi connectivity index (χ0) is 11.3. The van der Waals surface area contributed by atoms with Crippen molar-refractivity contribution in [2.75, 3.05) is 11.9 Å². The van der Waals surface area contributed by atoms with E-state index in [4.69, 9.17) is 28.9 Å². The first-order valence-electron chi connectivity index (χ1n) is 4.90. The average Bonchev–Trinajstić information content (AvgIpc) is 2.14. The fourth-order valence-electron chi connectivity index (χ4n) is 1.18. The van der Waals surface area contributed by atoms with Crippen molar-refractivity contribution in [2.45, 2.75) is 25.8 Å². The zero-order valence-electron chi connectivity index (χ0n) is 8.63. The van der Waals surface area contributed by atoms with Gasteiger partial charge in [0.25, 0.3) is 0 Å². The van der Waals surface area contributed by atoms with Gasteiger partial charge in [-0.2, -0.15) is 0 Å². The van der Waals surface area contributed by atoms with Crippen molar-refractivity contribution in [1.82, 2.24) is 4.98 Å². The van der Waals surface area contributed by atoms with Gasteiger partial charge in [0.15, 0.2) is 0 Å². The molecule has 0 spiro atoms. The minimum Gasteiger partial charge on any atom is -0.369 e. The summed E-state index contributed by atoms with van der Waals surface area (Å²) in [5.74, 6) is 0.672. The second-order valence-electron chi connectivity index (χ2n) is 3.53. The van der Waals surface area contributed by atoms with Crippen LogP contribution in [0, 0.1) is 0 Å². The van der Waals surface area contributed by atoms with Crippen LogP contribution in [0.4, 0.5) is 5.82 Å². The molecule has 1 rings (SSSR count). The zero-order valence-corrected chi connectivity index (χ0v) is 10.1. The second kappa shape index (κ2) is 6.16. The van der Waals surface area contributed by atoms with Crippen LogP contribution in [0.15, 0.2) is 12.3 Å². The molecule has 3 N–H and O–H groups in total. The van der Waals surface area contributed by atoms with Gasteiger partial charge in [0.1, 0.15) is 5.82 Å². The van der Waals surface area contributed by atoms with E-state index in [1.165, 1.54) is 0 Å². The molecule has 1 heterocycles. The molecule has 5 heteroatoms. The summed E-state index contributed by atoms with van der Waals surface area (Å²) >= 11 is 11.7. The summed E-state index contributed by atoms with van der Waals surface area (Å²) in [6.07, 6.45) is 3.55. The summed E-state index contributed by atoms with van der Waals surface area (Å²) < 4.78 is 0. The van der Waals surface area contributed by atoms with Gasteiger partial charge in [0.2, 0.25) is 0 Å². The number of nitrogens with zero attached hydrogens (tertiary/aromatic N) is 1. The highest BCUT2D eigenvalue weighted by Crippen LogP contribution is 2.22. The van der Waals surface area contributed by atoms with Crippen molar-refractivity contribution in [1.29, 1.82) is 0 Å². The maximum absolute atomic E-state index is 5.94. The molecule has 84 valence electrons. The monoisotopic (exact) mass is 247 g/mol. The quantitative estimate of drug-likeness (QED) is 0.787. The number of hydrogen-bond acceptors (Lipinski definition) is 3. The lowest BCUT2D eigenvalue weighted by Crippen LogP contribution is -2.16. The molecule has 1 aromatic heterocycles.